The minimum Gasteiger partial charge on any atom is -0.493 e. The Kier molecular flexibility index (Phi) is 9.47. The molecular formula is C20H34N4O3. The normalized spacial score (nSPS) is 11.3. The molecule has 0 bridgehead atoms. The van der Waals surface area contributed by atoms with Crippen LogP contribution in [0.1, 0.15) is 31.9 Å². The fourth-order valence-electron chi connectivity index (χ4n) is 2.54. The Balaban J connectivity index is 2.81. The average molecular weight is 379 g/mol. The number of nitrogens with zero attached hydrogens (tertiary/aromatic N) is 2. The van der Waals surface area contributed by atoms with Crippen LogP contribution in [0.25, 0.3) is 0 Å². The molecule has 0 heterocycles. The number of carbonyl (C=O) groups excluding carboxylic acids is 1. The Morgan fingerprint density at radius 2 is 1.81 bits per heavy atom. The molecule has 7 nitrogen and oxygen atoms in total. The molecule has 0 saturated heterocycles. The van der Waals surface area contributed by atoms with E-state index < -0.39 is 0 Å². The summed E-state index contributed by atoms with van der Waals surface area (Å²) in [4.78, 5) is 18.3. The first kappa shape index (κ1) is 22.6. The van der Waals surface area contributed by atoms with Gasteiger partial charge in [-0.15, -0.1) is 0 Å². The van der Waals surface area contributed by atoms with Crippen LogP contribution in [-0.4, -0.2) is 57.7 Å². The number of hydrogen-bond acceptors (Lipinski definition) is 4. The molecular weight excluding hydrogens is 344 g/mol. The van der Waals surface area contributed by atoms with Gasteiger partial charge in [-0.05, 0) is 37.1 Å². The van der Waals surface area contributed by atoms with Crippen LogP contribution in [0.3, 0.4) is 0 Å². The highest BCUT2D eigenvalue weighted by Crippen LogP contribution is 2.30. The number of amides is 1. The highest BCUT2D eigenvalue weighted by Gasteiger charge is 2.13. The summed E-state index contributed by atoms with van der Waals surface area (Å²) in [5.74, 6) is 2.26. The van der Waals surface area contributed by atoms with E-state index in [0.717, 1.165) is 29.4 Å². The molecule has 27 heavy (non-hydrogen) atoms. The second kappa shape index (κ2) is 11.3. The maximum Gasteiger partial charge on any atom is 0.222 e. The lowest BCUT2D eigenvalue weighted by Crippen LogP contribution is -2.39. The minimum atomic E-state index is -0.0158. The van der Waals surface area contributed by atoms with Crippen molar-refractivity contribution in [3.05, 3.63) is 23.3 Å². The summed E-state index contributed by atoms with van der Waals surface area (Å²) in [6.07, 6.45) is 0. The van der Waals surface area contributed by atoms with Gasteiger partial charge in [0.05, 0.1) is 20.8 Å². The Bertz CT molecular complexity index is 644. The van der Waals surface area contributed by atoms with Crippen LogP contribution < -0.4 is 20.1 Å². The van der Waals surface area contributed by atoms with Crippen molar-refractivity contribution in [2.45, 2.75) is 34.2 Å². The second-order valence-corrected chi connectivity index (χ2v) is 6.67. The van der Waals surface area contributed by atoms with Gasteiger partial charge in [0.2, 0.25) is 5.91 Å². The molecule has 1 amide bonds. The summed E-state index contributed by atoms with van der Waals surface area (Å²) in [5.41, 5.74) is 2.26. The predicted molar refractivity (Wildman–Crippen MR) is 110 cm³/mol. The smallest absolute Gasteiger partial charge is 0.222 e. The fourth-order valence-corrected chi connectivity index (χ4v) is 2.54. The number of aliphatic imine (C=N–C) groups is 1. The summed E-state index contributed by atoms with van der Waals surface area (Å²) in [6.45, 7) is 10.3. The summed E-state index contributed by atoms with van der Waals surface area (Å²) in [6, 6.07) is 3.98. The molecule has 1 rings (SSSR count). The topological polar surface area (TPSA) is 75.2 Å². The molecule has 0 unspecified atom stereocenters. The number of carbonyl (C=O) groups is 1. The van der Waals surface area contributed by atoms with E-state index in [0.29, 0.717) is 25.4 Å². The summed E-state index contributed by atoms with van der Waals surface area (Å²) in [5, 5.41) is 6.17. The zero-order valence-electron chi connectivity index (χ0n) is 17.7. The van der Waals surface area contributed by atoms with E-state index in [4.69, 9.17) is 9.47 Å². The van der Waals surface area contributed by atoms with Gasteiger partial charge in [0.1, 0.15) is 0 Å². The molecule has 1 aromatic rings. The Morgan fingerprint density at radius 3 is 2.37 bits per heavy atom. The van der Waals surface area contributed by atoms with E-state index in [-0.39, 0.29) is 11.8 Å². The van der Waals surface area contributed by atoms with Crippen LogP contribution in [0.15, 0.2) is 17.1 Å². The number of guanidine groups is 1. The van der Waals surface area contributed by atoms with Crippen molar-refractivity contribution >= 4 is 11.9 Å². The first-order valence-electron chi connectivity index (χ1n) is 9.32. The third-order valence-corrected chi connectivity index (χ3v) is 4.14. The highest BCUT2D eigenvalue weighted by atomic mass is 16.5. The van der Waals surface area contributed by atoms with Crippen molar-refractivity contribution in [2.75, 3.05) is 40.9 Å². The number of aryl methyl sites for hydroxylation is 1. The van der Waals surface area contributed by atoms with Crippen LogP contribution >= 0.6 is 0 Å². The average Bonchev–Trinajstić information content (AvgIpc) is 2.64. The maximum atomic E-state index is 11.6. The summed E-state index contributed by atoms with van der Waals surface area (Å²) >= 11 is 0. The van der Waals surface area contributed by atoms with Gasteiger partial charge in [-0.1, -0.05) is 13.8 Å². The highest BCUT2D eigenvalue weighted by molar-refractivity contribution is 5.80. The lowest BCUT2D eigenvalue weighted by atomic mass is 10.1. The minimum absolute atomic E-state index is 0.0158. The molecule has 0 aliphatic carbocycles. The Labute approximate surface area is 163 Å². The second-order valence-electron chi connectivity index (χ2n) is 6.67. The van der Waals surface area contributed by atoms with Gasteiger partial charge in [0, 0.05) is 32.6 Å². The number of rotatable bonds is 9. The quantitative estimate of drug-likeness (QED) is 0.391. The van der Waals surface area contributed by atoms with E-state index in [1.165, 1.54) is 0 Å². The monoisotopic (exact) mass is 378 g/mol. The van der Waals surface area contributed by atoms with E-state index >= 15 is 0 Å². The van der Waals surface area contributed by atoms with Crippen molar-refractivity contribution in [1.29, 1.82) is 0 Å². The molecule has 0 aliphatic rings. The number of hydrogen-bond donors (Lipinski definition) is 2. The van der Waals surface area contributed by atoms with Gasteiger partial charge in [0.15, 0.2) is 17.5 Å². The maximum absolute atomic E-state index is 11.6. The van der Waals surface area contributed by atoms with Gasteiger partial charge in [-0.3, -0.25) is 9.79 Å². The number of benzene rings is 1. The molecule has 7 heteroatoms. The van der Waals surface area contributed by atoms with Crippen LogP contribution in [0.5, 0.6) is 11.5 Å². The molecule has 0 spiro atoms. The number of ether oxygens (including phenoxy) is 2. The van der Waals surface area contributed by atoms with E-state index in [1.54, 1.807) is 14.2 Å². The summed E-state index contributed by atoms with van der Waals surface area (Å²) < 4.78 is 10.8. The zero-order valence-corrected chi connectivity index (χ0v) is 17.7. The molecule has 0 fully saturated rings. The lowest BCUT2D eigenvalue weighted by Gasteiger charge is -2.23. The molecule has 2 N–H and O–H groups in total. The van der Waals surface area contributed by atoms with E-state index in [2.05, 4.69) is 27.4 Å². The van der Waals surface area contributed by atoms with Crippen molar-refractivity contribution in [2.24, 2.45) is 10.9 Å². The first-order chi connectivity index (χ1) is 12.8. The Morgan fingerprint density at radius 1 is 1.19 bits per heavy atom. The SMILES string of the molecule is CCNC(=NCCNC(=O)C(C)C)N(C)Cc1cc(OC)c(OC)cc1C. The molecule has 152 valence electrons. The molecule has 0 aliphatic heterocycles. The lowest BCUT2D eigenvalue weighted by molar-refractivity contribution is -0.123. The van der Waals surface area contributed by atoms with Crippen molar-refractivity contribution in [3.63, 3.8) is 0 Å². The molecule has 0 atom stereocenters. The van der Waals surface area contributed by atoms with Crippen molar-refractivity contribution < 1.29 is 14.3 Å². The third-order valence-electron chi connectivity index (χ3n) is 4.14. The van der Waals surface area contributed by atoms with Crippen LogP contribution in [-0.2, 0) is 11.3 Å². The summed E-state index contributed by atoms with van der Waals surface area (Å²) in [7, 11) is 5.26. The van der Waals surface area contributed by atoms with E-state index in [9.17, 15) is 4.79 Å². The molecule has 0 aromatic heterocycles. The third kappa shape index (κ3) is 7.00. The van der Waals surface area contributed by atoms with Gasteiger partial charge in [0.25, 0.3) is 0 Å². The molecule has 0 saturated carbocycles. The van der Waals surface area contributed by atoms with Crippen molar-refractivity contribution in [1.82, 2.24) is 15.5 Å². The largest absolute Gasteiger partial charge is 0.493 e. The Hall–Kier alpha value is -2.44. The number of methoxy groups -OCH3 is 2. The molecule has 1 aromatic carbocycles. The predicted octanol–water partition coefficient (Wildman–Crippen LogP) is 2.18. The van der Waals surface area contributed by atoms with Crippen LogP contribution in [0.2, 0.25) is 0 Å². The van der Waals surface area contributed by atoms with Crippen LogP contribution in [0.4, 0.5) is 0 Å². The van der Waals surface area contributed by atoms with Gasteiger partial charge in [-0.25, -0.2) is 0 Å². The van der Waals surface area contributed by atoms with Gasteiger partial charge in [-0.2, -0.15) is 0 Å². The standard InChI is InChI=1S/C20H34N4O3/c1-8-21-20(23-10-9-22-19(25)14(2)3)24(5)13-16-12-18(27-7)17(26-6)11-15(16)4/h11-12,14H,8-10,13H2,1-7H3,(H,21,23)(H,22,25). The zero-order chi connectivity index (χ0) is 20.4. The van der Waals surface area contributed by atoms with Crippen LogP contribution in [0, 0.1) is 12.8 Å². The fraction of sp³-hybridized carbons (Fsp3) is 0.600. The van der Waals surface area contributed by atoms with Gasteiger partial charge >= 0.3 is 0 Å². The van der Waals surface area contributed by atoms with E-state index in [1.807, 2.05) is 40.0 Å². The van der Waals surface area contributed by atoms with Crippen molar-refractivity contribution in [3.8, 4) is 11.5 Å². The molecule has 0 radical (unpaired) electrons. The number of nitrogens with one attached hydrogen (secondary N) is 2. The van der Waals surface area contributed by atoms with Gasteiger partial charge < -0.3 is 25.0 Å². The first-order valence-corrected chi connectivity index (χ1v) is 9.32.